The van der Waals surface area contributed by atoms with Crippen LogP contribution >= 0.6 is 0 Å². The van der Waals surface area contributed by atoms with Crippen molar-refractivity contribution in [3.05, 3.63) is 113 Å². The molecule has 2 atom stereocenters. The van der Waals surface area contributed by atoms with Gasteiger partial charge < -0.3 is 47.7 Å². The Morgan fingerprint density at radius 2 is 1.20 bits per heavy atom. The van der Waals surface area contributed by atoms with Gasteiger partial charge in [-0.25, -0.2) is 19.2 Å². The van der Waals surface area contributed by atoms with E-state index in [0.717, 1.165) is 19.8 Å². The summed E-state index contributed by atoms with van der Waals surface area (Å²) >= 11 is 0. The molecule has 14 nitrogen and oxygen atoms in total. The zero-order chi connectivity index (χ0) is 34.8. The minimum Gasteiger partial charge on any atom is -0.482 e. The molecule has 0 fully saturated rings. The first kappa shape index (κ1) is 34.1. The smallest absolute Gasteiger partial charge is 0.482 e. The van der Waals surface area contributed by atoms with Crippen LogP contribution in [0.1, 0.15) is 28.4 Å². The summed E-state index contributed by atoms with van der Waals surface area (Å²) < 4.78 is 46.8. The van der Waals surface area contributed by atoms with E-state index in [1.165, 1.54) is 30.3 Å². The molecule has 4 aromatic carbocycles. The molecule has 1 aliphatic rings. The fourth-order valence-corrected chi connectivity index (χ4v) is 4.68. The van der Waals surface area contributed by atoms with Crippen molar-refractivity contribution < 1.29 is 66.9 Å². The van der Waals surface area contributed by atoms with Crippen LogP contribution in [0, 0.1) is 0 Å². The Kier molecular flexibility index (Phi) is 11.1. The predicted molar refractivity (Wildman–Crippen MR) is 167 cm³/mol. The average molecular weight is 675 g/mol. The third-order valence-electron chi connectivity index (χ3n) is 6.97. The fraction of sp³-hybridized carbons (Fsp3) is 0.200. The van der Waals surface area contributed by atoms with Gasteiger partial charge in [0.2, 0.25) is 0 Å². The molecule has 4 aromatic rings. The van der Waals surface area contributed by atoms with Gasteiger partial charge in [-0.15, -0.1) is 0 Å². The second-order valence-corrected chi connectivity index (χ2v) is 10.3. The maximum atomic E-state index is 12.8. The van der Waals surface area contributed by atoms with Gasteiger partial charge >= 0.3 is 24.6 Å². The van der Waals surface area contributed by atoms with Crippen molar-refractivity contribution in [3.63, 3.8) is 0 Å². The number of ether oxygens (including phenoxy) is 9. The minimum atomic E-state index is -1.24. The first-order chi connectivity index (χ1) is 23.7. The summed E-state index contributed by atoms with van der Waals surface area (Å²) in [5, 5.41) is 11.2. The first-order valence-corrected chi connectivity index (χ1v) is 14.7. The van der Waals surface area contributed by atoms with Crippen LogP contribution in [0.25, 0.3) is 0 Å². The van der Waals surface area contributed by atoms with Gasteiger partial charge in [-0.2, -0.15) is 0 Å². The molecule has 0 amide bonds. The molecule has 254 valence electrons. The highest BCUT2D eigenvalue weighted by atomic mass is 16.8. The van der Waals surface area contributed by atoms with Crippen LogP contribution in [-0.4, -0.2) is 50.1 Å². The number of hydrogen-bond donors (Lipinski definition) is 1. The van der Waals surface area contributed by atoms with Crippen LogP contribution in [0.2, 0.25) is 0 Å². The average Bonchev–Trinajstić information content (AvgIpc) is 3.11. The van der Waals surface area contributed by atoms with E-state index in [1.807, 2.05) is 12.1 Å². The monoisotopic (exact) mass is 674 g/mol. The number of fused-ring (bicyclic) bond motifs is 1. The van der Waals surface area contributed by atoms with Crippen molar-refractivity contribution in [2.24, 2.45) is 0 Å². The Hall–Kier alpha value is -6.28. The Labute approximate surface area is 279 Å². The molecule has 5 rings (SSSR count). The van der Waals surface area contributed by atoms with Crippen LogP contribution in [0.5, 0.6) is 28.7 Å². The molecular weight excluding hydrogens is 644 g/mol. The lowest BCUT2D eigenvalue weighted by atomic mass is 9.94. The number of rotatable bonds is 9. The fourth-order valence-electron chi connectivity index (χ4n) is 4.68. The lowest BCUT2D eigenvalue weighted by Crippen LogP contribution is -2.31. The van der Waals surface area contributed by atoms with Gasteiger partial charge in [0.05, 0.1) is 20.3 Å². The SMILES string of the molecule is COC(=O)Oc1cc(OC(=O)OC)c2c(c1)OC(c1ccc(OC(=O)OCc3ccccc3)c(OC(=O)OCc3ccccc3)c1)C(O)C2. The van der Waals surface area contributed by atoms with E-state index in [4.69, 9.17) is 33.2 Å². The summed E-state index contributed by atoms with van der Waals surface area (Å²) in [5.41, 5.74) is 1.98. The molecule has 0 radical (unpaired) electrons. The largest absolute Gasteiger partial charge is 0.514 e. The van der Waals surface area contributed by atoms with Gasteiger partial charge in [-0.3, -0.25) is 0 Å². The van der Waals surface area contributed by atoms with Crippen LogP contribution in [0.15, 0.2) is 91.0 Å². The number of benzene rings is 4. The summed E-state index contributed by atoms with van der Waals surface area (Å²) in [6.45, 7) is -0.167. The second kappa shape index (κ2) is 16.0. The van der Waals surface area contributed by atoms with E-state index < -0.39 is 36.8 Å². The molecule has 0 saturated carbocycles. The van der Waals surface area contributed by atoms with E-state index in [9.17, 15) is 24.3 Å². The molecule has 2 unspecified atom stereocenters. The van der Waals surface area contributed by atoms with Gasteiger partial charge in [0.25, 0.3) is 0 Å². The Bertz CT molecular complexity index is 1790. The molecule has 0 bridgehead atoms. The van der Waals surface area contributed by atoms with Crippen molar-refractivity contribution in [1.29, 1.82) is 0 Å². The van der Waals surface area contributed by atoms with Crippen molar-refractivity contribution in [1.82, 2.24) is 0 Å². The number of carbonyl (C=O) groups is 4. The summed E-state index contributed by atoms with van der Waals surface area (Å²) in [6, 6.07) is 24.5. The van der Waals surface area contributed by atoms with E-state index in [1.54, 1.807) is 48.5 Å². The Morgan fingerprint density at radius 1 is 0.653 bits per heavy atom. The molecule has 0 aromatic heterocycles. The molecule has 1 N–H and O–H groups in total. The van der Waals surface area contributed by atoms with Gasteiger partial charge in [0.15, 0.2) is 11.5 Å². The molecule has 49 heavy (non-hydrogen) atoms. The van der Waals surface area contributed by atoms with E-state index in [-0.39, 0.29) is 59.5 Å². The second-order valence-electron chi connectivity index (χ2n) is 10.3. The maximum Gasteiger partial charge on any atom is 0.514 e. The highest BCUT2D eigenvalue weighted by Crippen LogP contribution is 2.44. The van der Waals surface area contributed by atoms with E-state index >= 15 is 0 Å². The number of hydrogen-bond acceptors (Lipinski definition) is 14. The highest BCUT2D eigenvalue weighted by molar-refractivity contribution is 5.70. The lowest BCUT2D eigenvalue weighted by Gasteiger charge is -2.32. The van der Waals surface area contributed by atoms with Crippen molar-refractivity contribution in [2.75, 3.05) is 14.2 Å². The van der Waals surface area contributed by atoms with Gasteiger partial charge in [-0.05, 0) is 28.8 Å². The van der Waals surface area contributed by atoms with Crippen LogP contribution in [-0.2, 0) is 38.6 Å². The quantitative estimate of drug-likeness (QED) is 0.117. The van der Waals surface area contributed by atoms with Gasteiger partial charge in [0, 0.05) is 24.1 Å². The zero-order valence-electron chi connectivity index (χ0n) is 26.2. The molecule has 14 heteroatoms. The summed E-state index contributed by atoms with van der Waals surface area (Å²) in [7, 11) is 2.22. The zero-order valence-corrected chi connectivity index (χ0v) is 26.2. The van der Waals surface area contributed by atoms with Crippen LogP contribution in [0.3, 0.4) is 0 Å². The highest BCUT2D eigenvalue weighted by Gasteiger charge is 2.34. The molecule has 1 aliphatic heterocycles. The molecular formula is C35H30O14. The molecule has 1 heterocycles. The Balaban J connectivity index is 1.41. The van der Waals surface area contributed by atoms with Crippen molar-refractivity contribution in [2.45, 2.75) is 31.8 Å². The summed E-state index contributed by atoms with van der Waals surface area (Å²) in [4.78, 5) is 49.1. The molecule has 0 spiro atoms. The van der Waals surface area contributed by atoms with Crippen molar-refractivity contribution >= 4 is 24.6 Å². The standard InChI is InChI=1S/C35H30O14/c1-41-32(37)45-24-16-28-25(29(17-24)48-33(38)42-2)18-26(36)31(46-28)23-13-14-27(47-34(39)43-19-21-9-5-3-6-10-21)30(15-23)49-35(40)44-20-22-11-7-4-8-12-22/h3-17,26,31,36H,18-20H2,1-2H3. The minimum absolute atomic E-state index is 0.0715. The molecule has 0 aliphatic carbocycles. The van der Waals surface area contributed by atoms with Crippen LogP contribution in [0.4, 0.5) is 19.2 Å². The number of carbonyl (C=O) groups excluding carboxylic acids is 4. The number of aliphatic hydroxyl groups is 1. The predicted octanol–water partition coefficient (Wildman–Crippen LogP) is 6.45. The third kappa shape index (κ3) is 9.17. The topological polar surface area (TPSA) is 172 Å². The third-order valence-corrected chi connectivity index (χ3v) is 6.97. The molecule has 0 saturated heterocycles. The van der Waals surface area contributed by atoms with E-state index in [2.05, 4.69) is 9.47 Å². The summed E-state index contributed by atoms with van der Waals surface area (Å²) in [5.74, 6) is -0.533. The number of aliphatic hydroxyl groups excluding tert-OH is 1. The van der Waals surface area contributed by atoms with Crippen LogP contribution < -0.4 is 23.7 Å². The van der Waals surface area contributed by atoms with E-state index in [0.29, 0.717) is 5.56 Å². The van der Waals surface area contributed by atoms with Gasteiger partial charge in [0.1, 0.15) is 36.6 Å². The Morgan fingerprint density at radius 3 is 1.80 bits per heavy atom. The maximum absolute atomic E-state index is 12.8. The van der Waals surface area contributed by atoms with Crippen molar-refractivity contribution in [3.8, 4) is 28.7 Å². The number of methoxy groups -OCH3 is 2. The first-order valence-electron chi connectivity index (χ1n) is 14.7. The normalized spacial score (nSPS) is 14.6. The lowest BCUT2D eigenvalue weighted by molar-refractivity contribution is 0.0192. The van der Waals surface area contributed by atoms with Gasteiger partial charge in [-0.1, -0.05) is 66.7 Å². The summed E-state index contributed by atoms with van der Waals surface area (Å²) in [6.07, 6.45) is -6.71.